The van der Waals surface area contributed by atoms with E-state index in [1.54, 1.807) is 49.6 Å². The summed E-state index contributed by atoms with van der Waals surface area (Å²) in [6.45, 7) is 3.38. The number of sulfonamides is 1. The lowest BCUT2D eigenvalue weighted by atomic mass is 10.1. The second-order valence-corrected chi connectivity index (χ2v) is 9.28. The molecule has 1 aliphatic heterocycles. The van der Waals surface area contributed by atoms with E-state index in [1.807, 2.05) is 0 Å². The van der Waals surface area contributed by atoms with E-state index in [0.717, 1.165) is 5.56 Å². The zero-order chi connectivity index (χ0) is 22.2. The van der Waals surface area contributed by atoms with Crippen LogP contribution >= 0.6 is 0 Å². The van der Waals surface area contributed by atoms with E-state index < -0.39 is 10.0 Å². The Labute approximate surface area is 179 Å². The van der Waals surface area contributed by atoms with Gasteiger partial charge >= 0.3 is 0 Å². The Morgan fingerprint density at radius 3 is 2.45 bits per heavy atom. The molecule has 1 fully saturated rings. The van der Waals surface area contributed by atoms with Gasteiger partial charge in [0.25, 0.3) is 5.56 Å². The lowest BCUT2D eigenvalue weighted by Crippen LogP contribution is -2.53. The molecule has 0 radical (unpaired) electrons. The fourth-order valence-electron chi connectivity index (χ4n) is 3.49. The molecule has 31 heavy (non-hydrogen) atoms. The molecule has 0 atom stereocenters. The zero-order valence-electron chi connectivity index (χ0n) is 17.0. The molecule has 1 aliphatic rings. The van der Waals surface area contributed by atoms with Gasteiger partial charge < -0.3 is 5.32 Å². The highest BCUT2D eigenvalue weighted by molar-refractivity contribution is 7.89. The lowest BCUT2D eigenvalue weighted by molar-refractivity contribution is -0.114. The maximum Gasteiger partial charge on any atom is 0.267 e. The minimum Gasteiger partial charge on any atom is -0.326 e. The maximum absolute atomic E-state index is 13.0. The van der Waals surface area contributed by atoms with Crippen LogP contribution in [0.4, 0.5) is 5.69 Å². The van der Waals surface area contributed by atoms with Crippen LogP contribution < -0.4 is 10.9 Å². The number of carbonyl (C=O) groups excluding carboxylic acids is 1. The molecule has 9 nitrogen and oxygen atoms in total. The number of rotatable bonds is 5. The molecule has 1 N–H and O–H groups in total. The van der Waals surface area contributed by atoms with Gasteiger partial charge in [-0.3, -0.25) is 14.6 Å². The number of hydrogen-bond acceptors (Lipinski definition) is 6. The summed E-state index contributed by atoms with van der Waals surface area (Å²) in [5.41, 5.74) is 2.23. The van der Waals surface area contributed by atoms with Gasteiger partial charge in [0.05, 0.1) is 16.6 Å². The Morgan fingerprint density at radius 2 is 1.81 bits per heavy atom. The van der Waals surface area contributed by atoms with Gasteiger partial charge in [0.1, 0.15) is 0 Å². The molecule has 3 aromatic rings. The first-order valence-corrected chi connectivity index (χ1v) is 11.1. The van der Waals surface area contributed by atoms with E-state index in [2.05, 4.69) is 15.4 Å². The highest BCUT2D eigenvalue weighted by Gasteiger charge is 2.39. The van der Waals surface area contributed by atoms with Crippen molar-refractivity contribution in [3.63, 3.8) is 0 Å². The van der Waals surface area contributed by atoms with E-state index in [-0.39, 0.29) is 35.5 Å². The zero-order valence-corrected chi connectivity index (χ0v) is 17.8. The van der Waals surface area contributed by atoms with Crippen molar-refractivity contribution in [2.45, 2.75) is 24.8 Å². The highest BCUT2D eigenvalue weighted by Crippen LogP contribution is 2.30. The van der Waals surface area contributed by atoms with Gasteiger partial charge in [-0.15, -0.1) is 0 Å². The highest BCUT2D eigenvalue weighted by atomic mass is 32.2. The molecule has 1 saturated heterocycles. The molecule has 0 saturated carbocycles. The monoisotopic (exact) mass is 439 g/mol. The van der Waals surface area contributed by atoms with E-state index in [4.69, 9.17) is 0 Å². The first-order valence-electron chi connectivity index (χ1n) is 9.64. The average Bonchev–Trinajstić information content (AvgIpc) is 2.68. The van der Waals surface area contributed by atoms with Crippen LogP contribution in [0.15, 0.2) is 64.5 Å². The lowest BCUT2D eigenvalue weighted by Gasteiger charge is -2.38. The van der Waals surface area contributed by atoms with Crippen molar-refractivity contribution in [2.24, 2.45) is 0 Å². The summed E-state index contributed by atoms with van der Waals surface area (Å²) in [6, 6.07) is 11.0. The third-order valence-electron chi connectivity index (χ3n) is 5.09. The Kier molecular flexibility index (Phi) is 5.42. The van der Waals surface area contributed by atoms with Gasteiger partial charge in [0.15, 0.2) is 0 Å². The molecule has 0 unspecified atom stereocenters. The largest absolute Gasteiger partial charge is 0.326 e. The summed E-state index contributed by atoms with van der Waals surface area (Å²) in [5, 5.41) is 7.06. The average molecular weight is 439 g/mol. The number of anilines is 1. The summed E-state index contributed by atoms with van der Waals surface area (Å²) in [5.74, 6) is -0.229. The molecule has 3 heterocycles. The van der Waals surface area contributed by atoms with Gasteiger partial charge in [-0.1, -0.05) is 0 Å². The summed E-state index contributed by atoms with van der Waals surface area (Å²) in [7, 11) is -3.72. The van der Waals surface area contributed by atoms with Crippen LogP contribution in [0.1, 0.15) is 18.5 Å². The number of carbonyl (C=O) groups is 1. The molecule has 4 rings (SSSR count). The molecule has 2 aromatic heterocycles. The quantitative estimate of drug-likeness (QED) is 0.649. The molecular formula is C21H21N5O4S. The molecule has 160 valence electrons. The number of aromatic nitrogens is 3. The first kappa shape index (κ1) is 20.9. The molecule has 1 amide bonds. The number of amides is 1. The van der Waals surface area contributed by atoms with Crippen LogP contribution in [0.25, 0.3) is 11.3 Å². The SMILES string of the molecule is CC(=O)Nc1ccc(S(=O)(=O)N2CC(n3nc(-c4ccncc4)ccc3=O)C2)c(C)c1. The number of benzene rings is 1. The van der Waals surface area contributed by atoms with Gasteiger partial charge in [-0.2, -0.15) is 9.40 Å². The summed E-state index contributed by atoms with van der Waals surface area (Å²) in [4.78, 5) is 27.7. The van der Waals surface area contributed by atoms with Crippen LogP contribution in [0.5, 0.6) is 0 Å². The second-order valence-electron chi connectivity index (χ2n) is 7.37. The minimum atomic E-state index is -3.72. The van der Waals surface area contributed by atoms with E-state index in [0.29, 0.717) is 16.9 Å². The smallest absolute Gasteiger partial charge is 0.267 e. The molecule has 1 aromatic carbocycles. The van der Waals surface area contributed by atoms with Crippen LogP contribution in [0, 0.1) is 6.92 Å². The topological polar surface area (TPSA) is 114 Å². The van der Waals surface area contributed by atoms with Gasteiger partial charge in [0.2, 0.25) is 15.9 Å². The van der Waals surface area contributed by atoms with Crippen molar-refractivity contribution < 1.29 is 13.2 Å². The Morgan fingerprint density at radius 1 is 1.10 bits per heavy atom. The Balaban J connectivity index is 1.54. The standard InChI is InChI=1S/C21H21N5O4S/c1-14-11-17(23-15(2)27)3-5-20(14)31(29,30)25-12-18(13-25)26-21(28)6-4-19(24-26)16-7-9-22-10-8-16/h3-11,18H,12-13H2,1-2H3,(H,23,27). The van der Waals surface area contributed by atoms with Crippen molar-refractivity contribution in [1.82, 2.24) is 19.1 Å². The fourth-order valence-corrected chi connectivity index (χ4v) is 5.21. The molecule has 0 spiro atoms. The summed E-state index contributed by atoms with van der Waals surface area (Å²) < 4.78 is 28.8. The normalized spacial score (nSPS) is 14.8. The predicted molar refractivity (Wildman–Crippen MR) is 115 cm³/mol. The summed E-state index contributed by atoms with van der Waals surface area (Å²) >= 11 is 0. The van der Waals surface area contributed by atoms with Gasteiger partial charge in [0, 0.05) is 49.7 Å². The van der Waals surface area contributed by atoms with Gasteiger partial charge in [-0.05, 0) is 48.9 Å². The van der Waals surface area contributed by atoms with Crippen molar-refractivity contribution in [2.75, 3.05) is 18.4 Å². The van der Waals surface area contributed by atoms with Crippen molar-refractivity contribution >= 4 is 21.6 Å². The van der Waals surface area contributed by atoms with E-state index >= 15 is 0 Å². The third-order valence-corrected chi connectivity index (χ3v) is 7.08. The minimum absolute atomic E-state index is 0.155. The number of hydrogen-bond donors (Lipinski definition) is 1. The predicted octanol–water partition coefficient (Wildman–Crippen LogP) is 1.82. The van der Waals surface area contributed by atoms with E-state index in [9.17, 15) is 18.0 Å². The summed E-state index contributed by atoms with van der Waals surface area (Å²) in [6.07, 6.45) is 3.29. The molecule has 0 aliphatic carbocycles. The van der Waals surface area contributed by atoms with Crippen LogP contribution in [0.3, 0.4) is 0 Å². The number of nitrogens with zero attached hydrogens (tertiary/aromatic N) is 4. The second kappa shape index (κ2) is 8.05. The fraction of sp³-hybridized carbons (Fsp3) is 0.238. The van der Waals surface area contributed by atoms with Crippen molar-refractivity contribution in [3.05, 3.63) is 70.8 Å². The Bertz CT molecular complexity index is 1300. The number of aryl methyl sites for hydroxylation is 1. The van der Waals surface area contributed by atoms with Gasteiger partial charge in [-0.25, -0.2) is 13.1 Å². The van der Waals surface area contributed by atoms with Crippen LogP contribution in [0.2, 0.25) is 0 Å². The van der Waals surface area contributed by atoms with Crippen molar-refractivity contribution in [1.29, 1.82) is 0 Å². The van der Waals surface area contributed by atoms with Crippen molar-refractivity contribution in [3.8, 4) is 11.3 Å². The van der Waals surface area contributed by atoms with Crippen LogP contribution in [-0.2, 0) is 14.8 Å². The number of pyridine rings is 1. The molecular weight excluding hydrogens is 418 g/mol. The third kappa shape index (κ3) is 4.12. The number of nitrogens with one attached hydrogen (secondary N) is 1. The Hall–Kier alpha value is -3.37. The maximum atomic E-state index is 13.0. The molecule has 10 heteroatoms. The van der Waals surface area contributed by atoms with E-state index in [1.165, 1.54) is 28.0 Å². The first-order chi connectivity index (χ1) is 14.8. The van der Waals surface area contributed by atoms with Crippen LogP contribution in [-0.4, -0.2) is 46.5 Å². The molecule has 0 bridgehead atoms.